The molecule has 0 saturated heterocycles. The third kappa shape index (κ3) is 4.28. The predicted molar refractivity (Wildman–Crippen MR) is 111 cm³/mol. The van der Waals surface area contributed by atoms with E-state index < -0.39 is 0 Å². The number of carbonyl (C=O) groups excluding carboxylic acids is 1. The molecule has 1 saturated carbocycles. The number of halogens is 1. The molecule has 2 heterocycles. The van der Waals surface area contributed by atoms with E-state index in [1.54, 1.807) is 12.1 Å². The average molecular weight is 418 g/mol. The van der Waals surface area contributed by atoms with E-state index in [9.17, 15) is 14.0 Å². The van der Waals surface area contributed by atoms with Crippen LogP contribution in [0.1, 0.15) is 32.1 Å². The van der Waals surface area contributed by atoms with Gasteiger partial charge in [-0.1, -0.05) is 43.2 Å². The molecule has 1 aromatic carbocycles. The summed E-state index contributed by atoms with van der Waals surface area (Å²) in [5.74, 6) is -0.125. The van der Waals surface area contributed by atoms with Crippen LogP contribution in [0.5, 0.6) is 0 Å². The lowest BCUT2D eigenvalue weighted by Crippen LogP contribution is -2.37. The van der Waals surface area contributed by atoms with Crippen molar-refractivity contribution < 1.29 is 9.18 Å². The van der Waals surface area contributed by atoms with Gasteiger partial charge in [-0.05, 0) is 30.5 Å². The number of fused-ring (bicyclic) bond motifs is 1. The fraction of sp³-hybridized carbons (Fsp3) is 0.350. The second kappa shape index (κ2) is 8.45. The summed E-state index contributed by atoms with van der Waals surface area (Å²) in [5.41, 5.74) is 1.26. The molecular weight excluding hydrogens is 397 g/mol. The fourth-order valence-corrected chi connectivity index (χ4v) is 5.17. The normalized spacial score (nSPS) is 15.0. The second-order valence-corrected chi connectivity index (χ2v) is 8.72. The van der Waals surface area contributed by atoms with E-state index in [2.05, 4.69) is 15.3 Å². The Morgan fingerprint density at radius 3 is 2.75 bits per heavy atom. The number of hydrogen-bond donors (Lipinski definition) is 2. The molecule has 1 aliphatic rings. The van der Waals surface area contributed by atoms with Gasteiger partial charge in [0.25, 0.3) is 5.56 Å². The molecule has 1 amide bonds. The number of H-pyrrole nitrogens is 1. The highest BCUT2D eigenvalue weighted by molar-refractivity contribution is 7.99. The summed E-state index contributed by atoms with van der Waals surface area (Å²) in [4.78, 5) is 32.6. The monoisotopic (exact) mass is 417 g/mol. The van der Waals surface area contributed by atoms with Crippen LogP contribution in [0.2, 0.25) is 0 Å². The van der Waals surface area contributed by atoms with Gasteiger partial charge < -0.3 is 10.3 Å². The molecule has 5 nitrogen and oxygen atoms in total. The maximum absolute atomic E-state index is 13.2. The minimum atomic E-state index is -0.319. The Morgan fingerprint density at radius 2 is 2.00 bits per heavy atom. The number of nitrogens with zero attached hydrogens (tertiary/aromatic N) is 1. The zero-order chi connectivity index (χ0) is 19.5. The van der Waals surface area contributed by atoms with Gasteiger partial charge in [-0.3, -0.25) is 9.59 Å². The summed E-state index contributed by atoms with van der Waals surface area (Å²) < 4.78 is 13.2. The molecule has 4 rings (SSSR count). The molecule has 1 fully saturated rings. The minimum Gasteiger partial charge on any atom is -0.353 e. The number of aromatic amines is 1. The van der Waals surface area contributed by atoms with Crippen molar-refractivity contribution in [3.8, 4) is 11.1 Å². The average Bonchev–Trinajstić information content (AvgIpc) is 3.12. The Morgan fingerprint density at radius 1 is 1.25 bits per heavy atom. The quantitative estimate of drug-likeness (QED) is 0.479. The molecule has 3 aromatic rings. The number of aromatic nitrogens is 2. The Hall–Kier alpha value is -2.19. The number of hydrogen-bond acceptors (Lipinski definition) is 5. The number of rotatable bonds is 5. The first-order valence-electron chi connectivity index (χ1n) is 9.30. The van der Waals surface area contributed by atoms with Crippen LogP contribution < -0.4 is 10.9 Å². The molecule has 0 unspecified atom stereocenters. The van der Waals surface area contributed by atoms with Crippen molar-refractivity contribution in [1.29, 1.82) is 0 Å². The van der Waals surface area contributed by atoms with Crippen LogP contribution >= 0.6 is 23.1 Å². The van der Waals surface area contributed by atoms with Gasteiger partial charge in [-0.2, -0.15) is 0 Å². The van der Waals surface area contributed by atoms with Crippen LogP contribution in [0.4, 0.5) is 4.39 Å². The van der Waals surface area contributed by atoms with Crippen LogP contribution in [-0.4, -0.2) is 27.7 Å². The zero-order valence-electron chi connectivity index (χ0n) is 15.2. The molecule has 2 aromatic heterocycles. The van der Waals surface area contributed by atoms with Gasteiger partial charge in [-0.25, -0.2) is 9.37 Å². The van der Waals surface area contributed by atoms with Gasteiger partial charge in [0.15, 0.2) is 5.16 Å². The van der Waals surface area contributed by atoms with E-state index in [4.69, 9.17) is 0 Å². The van der Waals surface area contributed by atoms with E-state index in [1.165, 1.54) is 54.5 Å². The predicted octanol–water partition coefficient (Wildman–Crippen LogP) is 4.33. The van der Waals surface area contributed by atoms with Crippen molar-refractivity contribution in [3.05, 3.63) is 45.8 Å². The van der Waals surface area contributed by atoms with Crippen molar-refractivity contribution >= 4 is 39.2 Å². The van der Waals surface area contributed by atoms with E-state index in [0.29, 0.717) is 15.4 Å². The highest BCUT2D eigenvalue weighted by Gasteiger charge is 2.17. The summed E-state index contributed by atoms with van der Waals surface area (Å²) in [6, 6.07) is 6.31. The lowest BCUT2D eigenvalue weighted by Gasteiger charge is -2.22. The van der Waals surface area contributed by atoms with Crippen molar-refractivity contribution in [1.82, 2.24) is 15.3 Å². The van der Waals surface area contributed by atoms with Crippen molar-refractivity contribution in [2.45, 2.75) is 43.3 Å². The summed E-state index contributed by atoms with van der Waals surface area (Å²) in [6.45, 7) is 0. The summed E-state index contributed by atoms with van der Waals surface area (Å²) in [5, 5.41) is 5.84. The first-order chi connectivity index (χ1) is 13.6. The third-order valence-electron chi connectivity index (χ3n) is 4.89. The van der Waals surface area contributed by atoms with Crippen LogP contribution in [0.25, 0.3) is 21.3 Å². The van der Waals surface area contributed by atoms with Crippen molar-refractivity contribution in [2.75, 3.05) is 5.75 Å². The topological polar surface area (TPSA) is 74.8 Å². The fourth-order valence-electron chi connectivity index (χ4n) is 3.49. The third-order valence-corrected chi connectivity index (χ3v) is 6.63. The summed E-state index contributed by atoms with van der Waals surface area (Å²) in [6.07, 6.45) is 5.65. The lowest BCUT2D eigenvalue weighted by atomic mass is 9.95. The Kier molecular flexibility index (Phi) is 5.77. The van der Waals surface area contributed by atoms with Crippen molar-refractivity contribution in [2.24, 2.45) is 0 Å². The molecule has 0 radical (unpaired) electrons. The first-order valence-corrected chi connectivity index (χ1v) is 11.2. The molecular formula is C20H20FN3O2S2. The van der Waals surface area contributed by atoms with Crippen LogP contribution in [-0.2, 0) is 4.79 Å². The SMILES string of the molecule is O=C(CSc1nc2scc(-c3ccc(F)cc3)c2c(=O)[nH]1)NC1CCCCC1. The van der Waals surface area contributed by atoms with Gasteiger partial charge in [0.05, 0.1) is 11.1 Å². The molecule has 0 atom stereocenters. The van der Waals surface area contributed by atoms with Gasteiger partial charge in [-0.15, -0.1) is 11.3 Å². The number of carbonyl (C=O) groups is 1. The molecule has 0 aliphatic heterocycles. The zero-order valence-corrected chi connectivity index (χ0v) is 16.8. The highest BCUT2D eigenvalue weighted by atomic mass is 32.2. The van der Waals surface area contributed by atoms with Gasteiger partial charge in [0.2, 0.25) is 5.91 Å². The van der Waals surface area contributed by atoms with E-state index in [0.717, 1.165) is 24.0 Å². The van der Waals surface area contributed by atoms with E-state index in [1.807, 2.05) is 5.38 Å². The molecule has 1 aliphatic carbocycles. The standard InChI is InChI=1S/C20H20FN3O2S2/c21-13-8-6-12(7-9-13)15-10-27-19-17(15)18(26)23-20(24-19)28-11-16(25)22-14-4-2-1-3-5-14/h6-10,14H,1-5,11H2,(H,22,25)(H,23,24,26). The van der Waals surface area contributed by atoms with Crippen LogP contribution in [0.15, 0.2) is 39.6 Å². The first kappa shape index (κ1) is 19.1. The maximum atomic E-state index is 13.2. The molecule has 28 heavy (non-hydrogen) atoms. The molecule has 146 valence electrons. The summed E-state index contributed by atoms with van der Waals surface area (Å²) in [7, 11) is 0. The number of amides is 1. The Bertz CT molecular complexity index is 1040. The van der Waals surface area contributed by atoms with Gasteiger partial charge >= 0.3 is 0 Å². The maximum Gasteiger partial charge on any atom is 0.260 e. The highest BCUT2D eigenvalue weighted by Crippen LogP contribution is 2.31. The summed E-state index contributed by atoms with van der Waals surface area (Å²) >= 11 is 2.60. The van der Waals surface area contributed by atoms with Crippen LogP contribution in [0, 0.1) is 5.82 Å². The van der Waals surface area contributed by atoms with E-state index >= 15 is 0 Å². The largest absolute Gasteiger partial charge is 0.353 e. The van der Waals surface area contributed by atoms with E-state index in [-0.39, 0.29) is 29.1 Å². The Labute approximate surface area is 169 Å². The molecule has 0 bridgehead atoms. The number of thiophene rings is 1. The van der Waals surface area contributed by atoms with Crippen molar-refractivity contribution in [3.63, 3.8) is 0 Å². The number of benzene rings is 1. The number of nitrogens with one attached hydrogen (secondary N) is 2. The number of thioether (sulfide) groups is 1. The molecule has 8 heteroatoms. The smallest absolute Gasteiger partial charge is 0.260 e. The Balaban J connectivity index is 1.48. The second-order valence-electron chi connectivity index (χ2n) is 6.90. The van der Waals surface area contributed by atoms with Gasteiger partial charge in [0.1, 0.15) is 10.6 Å². The van der Waals surface area contributed by atoms with Crippen LogP contribution in [0.3, 0.4) is 0 Å². The van der Waals surface area contributed by atoms with Gasteiger partial charge in [0, 0.05) is 17.0 Å². The minimum absolute atomic E-state index is 0.0298. The molecule has 0 spiro atoms. The lowest BCUT2D eigenvalue weighted by molar-refractivity contribution is -0.119. The molecule has 2 N–H and O–H groups in total.